The van der Waals surface area contributed by atoms with Crippen molar-refractivity contribution in [2.75, 3.05) is 11.1 Å². The summed E-state index contributed by atoms with van der Waals surface area (Å²) in [4.78, 5) is 12.3. The monoisotopic (exact) mass is 514 g/mol. The number of carbonyl (C=O) groups is 1. The van der Waals surface area contributed by atoms with Gasteiger partial charge in [-0.1, -0.05) is 50.9 Å². The van der Waals surface area contributed by atoms with Crippen LogP contribution >= 0.6 is 50.9 Å². The van der Waals surface area contributed by atoms with Crippen LogP contribution in [0.1, 0.15) is 11.4 Å². The predicted molar refractivity (Wildman–Crippen MR) is 120 cm³/mol. The first kappa shape index (κ1) is 22.0. The van der Waals surface area contributed by atoms with Crippen molar-refractivity contribution in [2.24, 2.45) is 7.05 Å². The summed E-state index contributed by atoms with van der Waals surface area (Å²) in [6.45, 7) is 2.13. The van der Waals surface area contributed by atoms with Gasteiger partial charge in [0.1, 0.15) is 12.4 Å². The molecule has 1 N–H and O–H groups in total. The molecule has 0 aliphatic heterocycles. The van der Waals surface area contributed by atoms with Crippen LogP contribution in [0.3, 0.4) is 0 Å². The fourth-order valence-corrected chi connectivity index (χ4v) is 4.08. The van der Waals surface area contributed by atoms with Gasteiger partial charge in [-0.05, 0) is 48.9 Å². The molecule has 1 heterocycles. The Bertz CT molecular complexity index is 1050. The Balaban J connectivity index is 1.55. The molecule has 0 spiro atoms. The average Bonchev–Trinajstić information content (AvgIpc) is 3.01. The molecule has 1 amide bonds. The third-order valence-electron chi connectivity index (χ3n) is 3.97. The summed E-state index contributed by atoms with van der Waals surface area (Å²) in [5.41, 5.74) is 1.77. The molecule has 2 aromatic carbocycles. The zero-order valence-electron chi connectivity index (χ0n) is 15.6. The van der Waals surface area contributed by atoms with E-state index in [0.717, 1.165) is 15.7 Å². The zero-order chi connectivity index (χ0) is 21.0. The smallest absolute Gasteiger partial charge is 0.234 e. The number of thioether (sulfide) groups is 1. The highest BCUT2D eigenvalue weighted by molar-refractivity contribution is 9.10. The van der Waals surface area contributed by atoms with Gasteiger partial charge in [0.15, 0.2) is 11.0 Å². The third kappa shape index (κ3) is 5.88. The molecule has 0 bridgehead atoms. The number of hydrogen-bond donors (Lipinski definition) is 1. The van der Waals surface area contributed by atoms with E-state index >= 15 is 0 Å². The van der Waals surface area contributed by atoms with Gasteiger partial charge in [-0.2, -0.15) is 0 Å². The van der Waals surface area contributed by atoms with Gasteiger partial charge in [-0.15, -0.1) is 10.2 Å². The van der Waals surface area contributed by atoms with Gasteiger partial charge < -0.3 is 14.6 Å². The van der Waals surface area contributed by atoms with E-state index in [9.17, 15) is 4.79 Å². The number of hydrogen-bond acceptors (Lipinski definition) is 5. The van der Waals surface area contributed by atoms with Crippen LogP contribution in [0.4, 0.5) is 5.69 Å². The van der Waals surface area contributed by atoms with Gasteiger partial charge >= 0.3 is 0 Å². The fraction of sp³-hybridized carbons (Fsp3) is 0.211. The Morgan fingerprint density at radius 2 is 2.03 bits per heavy atom. The number of rotatable bonds is 7. The van der Waals surface area contributed by atoms with Gasteiger partial charge in [0.2, 0.25) is 5.91 Å². The van der Waals surface area contributed by atoms with Gasteiger partial charge in [0.05, 0.1) is 10.8 Å². The highest BCUT2D eigenvalue weighted by atomic mass is 79.9. The molecule has 0 aliphatic rings. The van der Waals surface area contributed by atoms with Crippen LogP contribution in [0, 0.1) is 6.92 Å². The molecule has 0 radical (unpaired) electrons. The first-order chi connectivity index (χ1) is 13.8. The first-order valence-corrected chi connectivity index (χ1v) is 11.0. The maximum atomic E-state index is 12.3. The minimum absolute atomic E-state index is 0.117. The summed E-state index contributed by atoms with van der Waals surface area (Å²) < 4.78 is 8.45. The van der Waals surface area contributed by atoms with Gasteiger partial charge in [-0.3, -0.25) is 4.79 Å². The minimum Gasteiger partial charge on any atom is -0.484 e. The van der Waals surface area contributed by atoms with E-state index in [1.165, 1.54) is 11.8 Å². The Kier molecular flexibility index (Phi) is 7.45. The summed E-state index contributed by atoms with van der Waals surface area (Å²) in [7, 11) is 1.82. The highest BCUT2D eigenvalue weighted by Crippen LogP contribution is 2.28. The van der Waals surface area contributed by atoms with Crippen molar-refractivity contribution in [3.8, 4) is 5.75 Å². The number of carbonyl (C=O) groups excluding carboxylic acids is 1. The average molecular weight is 516 g/mol. The molecule has 6 nitrogen and oxygen atoms in total. The molecule has 0 saturated heterocycles. The molecule has 29 heavy (non-hydrogen) atoms. The zero-order valence-corrected chi connectivity index (χ0v) is 19.5. The van der Waals surface area contributed by atoms with E-state index < -0.39 is 0 Å². The number of aryl methyl sites for hydroxylation is 1. The summed E-state index contributed by atoms with van der Waals surface area (Å²) in [5.74, 6) is 1.22. The molecular formula is C19H17BrCl2N4O2S. The number of anilines is 1. The minimum atomic E-state index is -0.117. The number of ether oxygens (including phenoxy) is 1. The number of benzene rings is 2. The summed E-state index contributed by atoms with van der Waals surface area (Å²) in [6.07, 6.45) is 0. The summed E-state index contributed by atoms with van der Waals surface area (Å²) in [5, 5.41) is 12.7. The van der Waals surface area contributed by atoms with Gasteiger partial charge in [0, 0.05) is 22.2 Å². The molecule has 10 heteroatoms. The van der Waals surface area contributed by atoms with Crippen molar-refractivity contribution < 1.29 is 9.53 Å². The van der Waals surface area contributed by atoms with Crippen LogP contribution in [0.2, 0.25) is 10.0 Å². The fourth-order valence-electron chi connectivity index (χ4n) is 2.41. The molecule has 3 aromatic rings. The standard InChI is InChI=1S/C19H17BrCl2N4O2S/c1-11-7-12(20)3-5-15(11)23-18(27)10-29-19-25-24-17(26(19)2)9-28-16-6-4-13(21)8-14(16)22/h3-8H,9-10H2,1-2H3,(H,23,27). The number of nitrogens with zero attached hydrogens (tertiary/aromatic N) is 3. The van der Waals surface area contributed by atoms with Crippen molar-refractivity contribution in [2.45, 2.75) is 18.7 Å². The number of aromatic nitrogens is 3. The van der Waals surface area contributed by atoms with Crippen LogP contribution in [-0.4, -0.2) is 26.4 Å². The maximum Gasteiger partial charge on any atom is 0.234 e. The molecule has 0 unspecified atom stereocenters. The second kappa shape index (κ2) is 9.84. The quantitative estimate of drug-likeness (QED) is 0.420. The SMILES string of the molecule is Cc1cc(Br)ccc1NC(=O)CSc1nnc(COc2ccc(Cl)cc2Cl)n1C. The van der Waals surface area contributed by atoms with E-state index in [-0.39, 0.29) is 18.3 Å². The molecular weight excluding hydrogens is 499 g/mol. The normalized spacial score (nSPS) is 10.8. The maximum absolute atomic E-state index is 12.3. The van der Waals surface area contributed by atoms with Crippen molar-refractivity contribution in [3.63, 3.8) is 0 Å². The molecule has 0 aliphatic carbocycles. The van der Waals surface area contributed by atoms with Crippen molar-refractivity contribution in [3.05, 3.63) is 62.3 Å². The van der Waals surface area contributed by atoms with Crippen LogP contribution in [0.25, 0.3) is 0 Å². The molecule has 152 valence electrons. The second-order valence-electron chi connectivity index (χ2n) is 6.12. The number of halogens is 3. The summed E-state index contributed by atoms with van der Waals surface area (Å²) in [6, 6.07) is 10.7. The van der Waals surface area contributed by atoms with Crippen LogP contribution in [0.5, 0.6) is 5.75 Å². The van der Waals surface area contributed by atoms with E-state index in [2.05, 4.69) is 31.4 Å². The molecule has 3 rings (SSSR count). The van der Waals surface area contributed by atoms with E-state index in [1.807, 2.05) is 32.2 Å². The first-order valence-electron chi connectivity index (χ1n) is 8.48. The Morgan fingerprint density at radius 1 is 1.24 bits per heavy atom. The Morgan fingerprint density at radius 3 is 2.76 bits per heavy atom. The van der Waals surface area contributed by atoms with Gasteiger partial charge in [0.25, 0.3) is 0 Å². The van der Waals surface area contributed by atoms with Crippen LogP contribution in [-0.2, 0) is 18.4 Å². The predicted octanol–water partition coefficient (Wildman–Crippen LogP) is 5.50. The lowest BCUT2D eigenvalue weighted by Crippen LogP contribution is -2.15. The van der Waals surface area contributed by atoms with E-state index in [4.69, 9.17) is 27.9 Å². The van der Waals surface area contributed by atoms with Crippen molar-refractivity contribution in [1.82, 2.24) is 14.8 Å². The molecule has 0 fully saturated rings. The number of nitrogens with one attached hydrogen (secondary N) is 1. The van der Waals surface area contributed by atoms with Crippen molar-refractivity contribution in [1.29, 1.82) is 0 Å². The molecule has 0 saturated carbocycles. The lowest BCUT2D eigenvalue weighted by Gasteiger charge is -2.09. The third-order valence-corrected chi connectivity index (χ3v) is 6.01. The van der Waals surface area contributed by atoms with Crippen molar-refractivity contribution >= 4 is 62.5 Å². The lowest BCUT2D eigenvalue weighted by molar-refractivity contribution is -0.113. The van der Waals surface area contributed by atoms with E-state index in [1.54, 1.807) is 22.8 Å². The van der Waals surface area contributed by atoms with Crippen LogP contribution in [0.15, 0.2) is 46.0 Å². The lowest BCUT2D eigenvalue weighted by atomic mass is 10.2. The van der Waals surface area contributed by atoms with Gasteiger partial charge in [-0.25, -0.2) is 0 Å². The number of amides is 1. The topological polar surface area (TPSA) is 69.0 Å². The second-order valence-corrected chi connectivity index (χ2v) is 8.82. The van der Waals surface area contributed by atoms with E-state index in [0.29, 0.717) is 26.8 Å². The summed E-state index contributed by atoms with van der Waals surface area (Å²) >= 11 is 16.7. The van der Waals surface area contributed by atoms with Crippen LogP contribution < -0.4 is 10.1 Å². The largest absolute Gasteiger partial charge is 0.484 e. The Labute approximate surface area is 191 Å². The Hall–Kier alpha value is -1.74. The highest BCUT2D eigenvalue weighted by Gasteiger charge is 2.13. The molecule has 0 atom stereocenters. The molecule has 1 aromatic heterocycles.